The number of carbonyl (C=O) groups excluding carboxylic acids is 1. The van der Waals surface area contributed by atoms with Crippen LogP contribution in [0.4, 0.5) is 0 Å². The number of nitrogens with zero attached hydrogens (tertiary/aromatic N) is 1. The summed E-state index contributed by atoms with van der Waals surface area (Å²) in [5.74, 6) is -0.149. The Labute approximate surface area is 73.9 Å². The molecule has 1 amide bonds. The Bertz CT molecular complexity index is 181. The van der Waals surface area contributed by atoms with Crippen LogP contribution in [0.15, 0.2) is 0 Å². The van der Waals surface area contributed by atoms with Gasteiger partial charge in [0, 0.05) is 0 Å². The Morgan fingerprint density at radius 1 is 1.67 bits per heavy atom. The normalized spacial score (nSPS) is 30.8. The Morgan fingerprint density at radius 2 is 2.33 bits per heavy atom. The van der Waals surface area contributed by atoms with Crippen LogP contribution in [0, 0.1) is 0 Å². The minimum Gasteiger partial charge on any atom is -0.368 e. The molecule has 3 heteroatoms. The molecular weight excluding hydrogens is 152 g/mol. The average molecular weight is 170 g/mol. The van der Waals surface area contributed by atoms with E-state index in [1.54, 1.807) is 0 Å². The molecule has 12 heavy (non-hydrogen) atoms. The number of rotatable bonds is 3. The number of nitrogens with two attached hydrogens (primary N) is 1. The maximum absolute atomic E-state index is 11.3. The molecule has 70 valence electrons. The minimum atomic E-state index is -0.325. The molecule has 0 radical (unpaired) electrons. The van der Waals surface area contributed by atoms with Crippen LogP contribution in [-0.4, -0.2) is 29.9 Å². The number of primary amides is 1. The van der Waals surface area contributed by atoms with Crippen molar-refractivity contribution in [3.05, 3.63) is 0 Å². The van der Waals surface area contributed by atoms with Gasteiger partial charge in [-0.1, -0.05) is 13.3 Å². The van der Waals surface area contributed by atoms with Crippen molar-refractivity contribution in [1.29, 1.82) is 0 Å². The van der Waals surface area contributed by atoms with Gasteiger partial charge in [-0.2, -0.15) is 0 Å². The number of likely N-dealkylation sites (N-methyl/N-ethyl adjacent to an activating group) is 1. The van der Waals surface area contributed by atoms with E-state index in [0.29, 0.717) is 0 Å². The molecule has 1 rings (SSSR count). The molecular formula is C9H18N2O. The molecule has 2 N–H and O–H groups in total. The first kappa shape index (κ1) is 9.52. The molecule has 1 heterocycles. The largest absolute Gasteiger partial charge is 0.368 e. The molecule has 3 nitrogen and oxygen atoms in total. The van der Waals surface area contributed by atoms with Crippen molar-refractivity contribution in [3.8, 4) is 0 Å². The second kappa shape index (κ2) is 3.44. The number of hydrogen-bond acceptors (Lipinski definition) is 2. The molecule has 0 aromatic carbocycles. The highest BCUT2D eigenvalue weighted by Gasteiger charge is 2.42. The summed E-state index contributed by atoms with van der Waals surface area (Å²) in [6, 6.07) is 0. The number of amides is 1. The minimum absolute atomic E-state index is 0.149. The van der Waals surface area contributed by atoms with E-state index in [4.69, 9.17) is 5.73 Å². The molecule has 1 fully saturated rings. The fourth-order valence-corrected chi connectivity index (χ4v) is 2.18. The third-order valence-corrected chi connectivity index (χ3v) is 2.94. The summed E-state index contributed by atoms with van der Waals surface area (Å²) in [6.07, 6.45) is 3.96. The van der Waals surface area contributed by atoms with E-state index >= 15 is 0 Å². The maximum Gasteiger partial charge on any atom is 0.237 e. The molecule has 0 aliphatic carbocycles. The van der Waals surface area contributed by atoms with Gasteiger partial charge in [0.25, 0.3) is 0 Å². The monoisotopic (exact) mass is 170 g/mol. The first-order chi connectivity index (χ1) is 5.63. The van der Waals surface area contributed by atoms with Gasteiger partial charge in [0.2, 0.25) is 5.91 Å². The van der Waals surface area contributed by atoms with Crippen molar-refractivity contribution in [1.82, 2.24) is 4.90 Å². The van der Waals surface area contributed by atoms with E-state index in [1.807, 2.05) is 7.05 Å². The van der Waals surface area contributed by atoms with E-state index < -0.39 is 0 Å². The van der Waals surface area contributed by atoms with Crippen LogP contribution in [0.5, 0.6) is 0 Å². The molecule has 1 aliphatic rings. The van der Waals surface area contributed by atoms with Gasteiger partial charge in [-0.25, -0.2) is 0 Å². The predicted molar refractivity (Wildman–Crippen MR) is 48.7 cm³/mol. The zero-order chi connectivity index (χ0) is 9.19. The lowest BCUT2D eigenvalue weighted by atomic mass is 9.90. The summed E-state index contributed by atoms with van der Waals surface area (Å²) in [7, 11) is 1.99. The fourth-order valence-electron chi connectivity index (χ4n) is 2.18. The Morgan fingerprint density at radius 3 is 2.67 bits per heavy atom. The lowest BCUT2D eigenvalue weighted by molar-refractivity contribution is -0.128. The third kappa shape index (κ3) is 1.33. The van der Waals surface area contributed by atoms with Gasteiger partial charge in [-0.15, -0.1) is 0 Å². The first-order valence-electron chi connectivity index (χ1n) is 4.64. The van der Waals surface area contributed by atoms with Crippen molar-refractivity contribution >= 4 is 5.91 Å². The van der Waals surface area contributed by atoms with Crippen LogP contribution in [0.3, 0.4) is 0 Å². The van der Waals surface area contributed by atoms with Crippen LogP contribution >= 0.6 is 0 Å². The van der Waals surface area contributed by atoms with Gasteiger partial charge in [0.15, 0.2) is 0 Å². The summed E-state index contributed by atoms with van der Waals surface area (Å²) in [4.78, 5) is 13.4. The smallest absolute Gasteiger partial charge is 0.237 e. The summed E-state index contributed by atoms with van der Waals surface area (Å²) in [5, 5.41) is 0. The molecule has 0 spiro atoms. The zero-order valence-electron chi connectivity index (χ0n) is 7.97. The van der Waals surface area contributed by atoms with Crippen LogP contribution < -0.4 is 5.73 Å². The molecule has 0 unspecified atom stereocenters. The molecule has 1 saturated heterocycles. The highest BCUT2D eigenvalue weighted by molar-refractivity contribution is 5.84. The van der Waals surface area contributed by atoms with Gasteiger partial charge >= 0.3 is 0 Å². The molecule has 0 bridgehead atoms. The summed E-state index contributed by atoms with van der Waals surface area (Å²) in [5.41, 5.74) is 5.10. The van der Waals surface area contributed by atoms with Crippen LogP contribution in [0.2, 0.25) is 0 Å². The van der Waals surface area contributed by atoms with Crippen molar-refractivity contribution in [2.45, 2.75) is 38.1 Å². The number of likely N-dealkylation sites (tertiary alicyclic amines) is 1. The quantitative estimate of drug-likeness (QED) is 0.679. The predicted octanol–water partition coefficient (Wildman–Crippen LogP) is 0.736. The second-order valence-electron chi connectivity index (χ2n) is 3.67. The molecule has 1 aliphatic heterocycles. The lowest BCUT2D eigenvalue weighted by Crippen LogP contribution is -2.52. The highest BCUT2D eigenvalue weighted by atomic mass is 16.1. The highest BCUT2D eigenvalue weighted by Crippen LogP contribution is 2.31. The maximum atomic E-state index is 11.3. The number of carbonyl (C=O) groups is 1. The van der Waals surface area contributed by atoms with Gasteiger partial charge in [0.1, 0.15) is 0 Å². The van der Waals surface area contributed by atoms with Crippen molar-refractivity contribution in [2.75, 3.05) is 13.6 Å². The van der Waals surface area contributed by atoms with E-state index in [1.165, 1.54) is 0 Å². The van der Waals surface area contributed by atoms with Crippen molar-refractivity contribution in [2.24, 2.45) is 5.73 Å². The molecule has 0 aromatic heterocycles. The second-order valence-corrected chi connectivity index (χ2v) is 3.67. The van der Waals surface area contributed by atoms with Crippen LogP contribution in [-0.2, 0) is 4.79 Å². The summed E-state index contributed by atoms with van der Waals surface area (Å²) in [6.45, 7) is 3.10. The van der Waals surface area contributed by atoms with Gasteiger partial charge in [-0.05, 0) is 32.9 Å². The molecule has 1 atom stereocenters. The van der Waals surface area contributed by atoms with Crippen molar-refractivity contribution in [3.63, 3.8) is 0 Å². The average Bonchev–Trinajstić information content (AvgIpc) is 2.34. The fraction of sp³-hybridized carbons (Fsp3) is 0.889. The van der Waals surface area contributed by atoms with Crippen molar-refractivity contribution < 1.29 is 4.79 Å². The third-order valence-electron chi connectivity index (χ3n) is 2.94. The van der Waals surface area contributed by atoms with E-state index in [-0.39, 0.29) is 11.4 Å². The van der Waals surface area contributed by atoms with Gasteiger partial charge in [0.05, 0.1) is 5.54 Å². The Hall–Kier alpha value is -0.570. The topological polar surface area (TPSA) is 46.3 Å². The standard InChI is InChI=1S/C9H18N2O/c1-3-5-9(8(10)12)6-4-7-11(9)2/h3-7H2,1-2H3,(H2,10,12)/t9-/m0/s1. The SMILES string of the molecule is CCC[C@@]1(C(N)=O)CCCN1C. The van der Waals surface area contributed by atoms with Crippen LogP contribution in [0.1, 0.15) is 32.6 Å². The molecule has 0 saturated carbocycles. The Balaban J connectivity index is 2.77. The number of hydrogen-bond donors (Lipinski definition) is 1. The zero-order valence-corrected chi connectivity index (χ0v) is 7.97. The van der Waals surface area contributed by atoms with Gasteiger partial charge < -0.3 is 5.73 Å². The van der Waals surface area contributed by atoms with E-state index in [9.17, 15) is 4.79 Å². The Kier molecular flexibility index (Phi) is 2.73. The summed E-state index contributed by atoms with van der Waals surface area (Å²) >= 11 is 0. The lowest BCUT2D eigenvalue weighted by Gasteiger charge is -2.32. The van der Waals surface area contributed by atoms with E-state index in [2.05, 4.69) is 11.8 Å². The first-order valence-corrected chi connectivity index (χ1v) is 4.64. The van der Waals surface area contributed by atoms with Crippen LogP contribution in [0.25, 0.3) is 0 Å². The summed E-state index contributed by atoms with van der Waals surface area (Å²) < 4.78 is 0. The van der Waals surface area contributed by atoms with E-state index in [0.717, 1.165) is 32.2 Å². The van der Waals surface area contributed by atoms with Gasteiger partial charge in [-0.3, -0.25) is 9.69 Å². The molecule has 0 aromatic rings.